The van der Waals surface area contributed by atoms with Crippen LogP contribution in [0.2, 0.25) is 0 Å². The fraction of sp³-hybridized carbons (Fsp3) is 0.459. The van der Waals surface area contributed by atoms with Crippen LogP contribution in [0.3, 0.4) is 0 Å². The van der Waals surface area contributed by atoms with Crippen molar-refractivity contribution >= 4 is 52.8 Å². The number of nitrogens with zero attached hydrogens (tertiary/aromatic N) is 3. The monoisotopic (exact) mass is 619 g/mol. The number of hydrogen-bond acceptors (Lipinski definition) is 5. The zero-order valence-electron chi connectivity index (χ0n) is 30.1. The molecule has 4 heterocycles. The van der Waals surface area contributed by atoms with E-state index in [1.807, 2.05) is 104 Å². The molecule has 5 aromatic rings. The molecule has 44 heavy (non-hydrogen) atoms. The molecule has 0 N–H and O–H groups in total. The van der Waals surface area contributed by atoms with Gasteiger partial charge in [0, 0.05) is 22.5 Å². The number of pyridine rings is 2. The lowest BCUT2D eigenvalue weighted by molar-refractivity contribution is 0.00578. The molecule has 1 fully saturated rings. The van der Waals surface area contributed by atoms with Crippen molar-refractivity contribution in [1.29, 1.82) is 0 Å². The zero-order chi connectivity index (χ0) is 34.1. The molecule has 6 rings (SSSR count). The average Bonchev–Trinajstić information content (AvgIpc) is 3.58. The third kappa shape index (κ3) is 8.86. The van der Waals surface area contributed by atoms with Crippen LogP contribution in [0.25, 0.3) is 38.8 Å². The summed E-state index contributed by atoms with van der Waals surface area (Å²) >= 11 is 3.53. The first-order chi connectivity index (χ1) is 21.3. The number of hydrogen-bond donors (Lipinski definition) is 1. The fourth-order valence-electron chi connectivity index (χ4n) is 4.33. The minimum Gasteiger partial charge on any atom is -0.399 e. The Kier molecular flexibility index (Phi) is 18.9. The molecular weight excluding hydrogens is 561 g/mol. The van der Waals surface area contributed by atoms with E-state index in [2.05, 4.69) is 82.8 Å². The number of fused-ring (bicyclic) bond motifs is 5. The van der Waals surface area contributed by atoms with Gasteiger partial charge in [-0.2, -0.15) is 12.6 Å². The second kappa shape index (κ2) is 20.2. The lowest BCUT2D eigenvalue weighted by Crippen LogP contribution is -2.41. The highest BCUT2D eigenvalue weighted by molar-refractivity contribution is 7.79. The molecule has 0 amide bonds. The van der Waals surface area contributed by atoms with Gasteiger partial charge in [0.15, 0.2) is 5.65 Å². The number of aromatic nitrogens is 3. The van der Waals surface area contributed by atoms with Crippen molar-refractivity contribution in [1.82, 2.24) is 14.4 Å². The highest BCUT2D eigenvalue weighted by Crippen LogP contribution is 2.37. The van der Waals surface area contributed by atoms with Crippen LogP contribution in [0.5, 0.6) is 0 Å². The molecule has 2 aromatic carbocycles. The Bertz CT molecular complexity index is 1480. The largest absolute Gasteiger partial charge is 0.494 e. The summed E-state index contributed by atoms with van der Waals surface area (Å²) in [6.45, 7) is 28.3. The van der Waals surface area contributed by atoms with Crippen LogP contribution in [0.4, 0.5) is 0 Å². The molecule has 0 unspecified atom stereocenters. The van der Waals surface area contributed by atoms with Crippen molar-refractivity contribution < 1.29 is 9.31 Å². The first-order valence-corrected chi connectivity index (χ1v) is 17.3. The fourth-order valence-corrected chi connectivity index (χ4v) is 4.33. The van der Waals surface area contributed by atoms with Gasteiger partial charge in [0.2, 0.25) is 0 Å². The van der Waals surface area contributed by atoms with Gasteiger partial charge < -0.3 is 9.31 Å². The number of benzene rings is 2. The molecule has 7 heteroatoms. The SMILES string of the molecule is CC.CC.CC.CC.CC.CC1(C)OB(c2ccc(-c3nc4c(nc5ccccn54)c4ccccc34)cc2)OC1(C)C.CS. The molecule has 1 aliphatic rings. The number of imidazole rings is 1. The Hall–Kier alpha value is -2.87. The summed E-state index contributed by atoms with van der Waals surface area (Å²) in [4.78, 5) is 9.91. The molecule has 0 saturated carbocycles. The van der Waals surface area contributed by atoms with Crippen LogP contribution < -0.4 is 5.46 Å². The standard InChI is InChI=1S/C26H24BN3O2.5C2H6.CH4S/c1-25(2)26(3,4)32-27(31-25)18-14-12-17(13-15-18)22-19-9-5-6-10-20(19)23-24(29-22)30-16-8-7-11-21(30)28-23;6*1-2/h5-16H,1-4H3;5*1-2H3;2H,1H3. The topological polar surface area (TPSA) is 48.7 Å². The molecule has 0 spiro atoms. The summed E-state index contributed by atoms with van der Waals surface area (Å²) in [5.74, 6) is 0. The van der Waals surface area contributed by atoms with Crippen molar-refractivity contribution in [3.63, 3.8) is 0 Å². The van der Waals surface area contributed by atoms with Crippen LogP contribution >= 0.6 is 12.6 Å². The summed E-state index contributed by atoms with van der Waals surface area (Å²) in [5.41, 5.74) is 4.97. The molecule has 5 nitrogen and oxygen atoms in total. The molecule has 3 aromatic heterocycles. The predicted molar refractivity (Wildman–Crippen MR) is 201 cm³/mol. The minimum absolute atomic E-state index is 0.359. The maximum Gasteiger partial charge on any atom is 0.494 e. The van der Waals surface area contributed by atoms with Crippen molar-refractivity contribution in [3.8, 4) is 11.3 Å². The highest BCUT2D eigenvalue weighted by atomic mass is 32.1. The quantitative estimate of drug-likeness (QED) is 0.158. The minimum atomic E-state index is -0.375. The summed E-state index contributed by atoms with van der Waals surface area (Å²) in [5, 5.41) is 2.19. The van der Waals surface area contributed by atoms with Crippen LogP contribution in [-0.2, 0) is 9.31 Å². The first kappa shape index (κ1) is 41.1. The second-order valence-electron chi connectivity index (χ2n) is 9.43. The highest BCUT2D eigenvalue weighted by Gasteiger charge is 2.51. The van der Waals surface area contributed by atoms with Crippen LogP contribution in [0, 0.1) is 0 Å². The van der Waals surface area contributed by atoms with E-state index in [4.69, 9.17) is 19.3 Å². The maximum atomic E-state index is 6.21. The van der Waals surface area contributed by atoms with Gasteiger partial charge >= 0.3 is 7.12 Å². The van der Waals surface area contributed by atoms with Crippen LogP contribution in [0.1, 0.15) is 96.9 Å². The molecule has 1 saturated heterocycles. The van der Waals surface area contributed by atoms with E-state index in [9.17, 15) is 0 Å². The van der Waals surface area contributed by atoms with Gasteiger partial charge in [-0.1, -0.05) is 124 Å². The molecule has 1 aliphatic heterocycles. The van der Waals surface area contributed by atoms with Gasteiger partial charge in [-0.15, -0.1) is 0 Å². The van der Waals surface area contributed by atoms with Crippen molar-refractivity contribution in [3.05, 3.63) is 72.9 Å². The van der Waals surface area contributed by atoms with Crippen molar-refractivity contribution in [2.24, 2.45) is 0 Å². The normalized spacial score (nSPS) is 13.6. The zero-order valence-corrected chi connectivity index (χ0v) is 31.0. The van der Waals surface area contributed by atoms with Gasteiger partial charge in [-0.05, 0) is 51.5 Å². The number of thiol groups is 1. The van der Waals surface area contributed by atoms with E-state index in [0.717, 1.165) is 44.3 Å². The summed E-state index contributed by atoms with van der Waals surface area (Å²) in [7, 11) is -0.375. The first-order valence-electron chi connectivity index (χ1n) is 16.4. The third-order valence-corrected chi connectivity index (χ3v) is 6.87. The molecule has 0 aliphatic carbocycles. The second-order valence-corrected chi connectivity index (χ2v) is 9.43. The van der Waals surface area contributed by atoms with Gasteiger partial charge in [0.05, 0.1) is 16.9 Å². The third-order valence-electron chi connectivity index (χ3n) is 6.87. The average molecular weight is 620 g/mol. The maximum absolute atomic E-state index is 6.21. The molecule has 242 valence electrons. The van der Waals surface area contributed by atoms with E-state index >= 15 is 0 Å². The van der Waals surface area contributed by atoms with E-state index in [-0.39, 0.29) is 18.3 Å². The van der Waals surface area contributed by atoms with Crippen LogP contribution in [0.15, 0.2) is 72.9 Å². The van der Waals surface area contributed by atoms with E-state index < -0.39 is 0 Å². The van der Waals surface area contributed by atoms with Gasteiger partial charge in [0.1, 0.15) is 11.2 Å². The van der Waals surface area contributed by atoms with E-state index in [1.54, 1.807) is 6.26 Å². The Morgan fingerprint density at radius 2 is 1.09 bits per heavy atom. The lowest BCUT2D eigenvalue weighted by atomic mass is 9.78. The summed E-state index contributed by atoms with van der Waals surface area (Å²) < 4.78 is 14.5. The van der Waals surface area contributed by atoms with Crippen molar-refractivity contribution in [2.45, 2.75) is 108 Å². The Morgan fingerprint density at radius 1 is 0.614 bits per heavy atom. The Balaban J connectivity index is 0.00000139. The molecule has 0 bridgehead atoms. The Labute approximate surface area is 274 Å². The predicted octanol–water partition coefficient (Wildman–Crippen LogP) is 10.7. The van der Waals surface area contributed by atoms with Gasteiger partial charge in [-0.25, -0.2) is 9.97 Å². The molecular formula is C37H58BN3O2S. The van der Waals surface area contributed by atoms with E-state index in [1.165, 1.54) is 0 Å². The van der Waals surface area contributed by atoms with Gasteiger partial charge in [-0.3, -0.25) is 4.40 Å². The molecule has 0 radical (unpaired) electrons. The van der Waals surface area contributed by atoms with E-state index in [0.29, 0.717) is 0 Å². The number of rotatable bonds is 2. The summed E-state index contributed by atoms with van der Waals surface area (Å²) in [6.07, 6.45) is 3.71. The lowest BCUT2D eigenvalue weighted by Gasteiger charge is -2.32. The smallest absolute Gasteiger partial charge is 0.399 e. The summed E-state index contributed by atoms with van der Waals surface area (Å²) in [6, 6.07) is 22.7. The Morgan fingerprint density at radius 3 is 1.61 bits per heavy atom. The van der Waals surface area contributed by atoms with Crippen molar-refractivity contribution in [2.75, 3.05) is 6.26 Å². The van der Waals surface area contributed by atoms with Crippen LogP contribution in [-0.4, -0.2) is 38.9 Å². The molecule has 0 atom stereocenters. The van der Waals surface area contributed by atoms with Gasteiger partial charge in [0.25, 0.3) is 0 Å².